The van der Waals surface area contributed by atoms with E-state index in [1.807, 2.05) is 12.1 Å². The molecule has 256 valence electrons. The van der Waals surface area contributed by atoms with Crippen molar-refractivity contribution in [2.24, 2.45) is 11.8 Å². The Kier molecular flexibility index (Phi) is 10.4. The summed E-state index contributed by atoms with van der Waals surface area (Å²) >= 11 is 0. The summed E-state index contributed by atoms with van der Waals surface area (Å²) in [5.41, 5.74) is 1.81. The maximum absolute atomic E-state index is 14.2. The van der Waals surface area contributed by atoms with Gasteiger partial charge in [-0.25, -0.2) is 0 Å². The zero-order valence-electron chi connectivity index (χ0n) is 28.8. The molecule has 1 aliphatic carbocycles. The van der Waals surface area contributed by atoms with Crippen LogP contribution in [-0.4, -0.2) is 42.5 Å². The number of para-hydroxylation sites is 4. The average molecular weight is 665 g/mol. The monoisotopic (exact) mass is 664 g/mol. The van der Waals surface area contributed by atoms with Crippen molar-refractivity contribution in [1.29, 1.82) is 0 Å². The number of rotatable bonds is 10. The number of ketones is 1. The van der Waals surface area contributed by atoms with Crippen LogP contribution in [0.15, 0.2) is 97.1 Å². The third kappa shape index (κ3) is 7.95. The van der Waals surface area contributed by atoms with Crippen LogP contribution >= 0.6 is 0 Å². The van der Waals surface area contributed by atoms with E-state index in [1.165, 1.54) is 26.7 Å². The highest BCUT2D eigenvalue weighted by Crippen LogP contribution is 2.47. The lowest BCUT2D eigenvalue weighted by Crippen LogP contribution is -2.56. The Morgan fingerprint density at radius 1 is 0.796 bits per heavy atom. The van der Waals surface area contributed by atoms with E-state index in [4.69, 9.17) is 14.2 Å². The molecule has 4 atom stereocenters. The fourth-order valence-electron chi connectivity index (χ4n) is 6.46. The summed E-state index contributed by atoms with van der Waals surface area (Å²) in [4.78, 5) is 42.0. The fourth-order valence-corrected chi connectivity index (χ4v) is 6.46. The van der Waals surface area contributed by atoms with Gasteiger partial charge in [0, 0.05) is 12.3 Å². The summed E-state index contributed by atoms with van der Waals surface area (Å²) in [6.07, 6.45) is -0.396. The van der Waals surface area contributed by atoms with Gasteiger partial charge in [0.15, 0.2) is 0 Å². The molecule has 1 fully saturated rings. The molecule has 0 bridgehead atoms. The normalized spacial score (nSPS) is 20.6. The summed E-state index contributed by atoms with van der Waals surface area (Å²) < 4.78 is 16.9. The Bertz CT molecular complexity index is 1790. The summed E-state index contributed by atoms with van der Waals surface area (Å²) in [5, 5.41) is 17.4. The molecule has 1 saturated carbocycles. The molecule has 4 unspecified atom stereocenters. The molecule has 49 heavy (non-hydrogen) atoms. The number of carbonyl (C=O) groups is 3. The van der Waals surface area contributed by atoms with E-state index in [1.54, 1.807) is 72.8 Å². The molecule has 2 amide bonds. The van der Waals surface area contributed by atoms with Crippen LogP contribution in [0.25, 0.3) is 0 Å². The van der Waals surface area contributed by atoms with E-state index in [0.717, 1.165) is 5.56 Å². The molecule has 9 nitrogen and oxygen atoms in total. The van der Waals surface area contributed by atoms with Gasteiger partial charge in [-0.1, -0.05) is 81.4 Å². The van der Waals surface area contributed by atoms with Crippen LogP contribution in [0, 0.1) is 11.8 Å². The molecule has 3 N–H and O–H groups in total. The number of aliphatic hydroxyl groups is 1. The highest BCUT2D eigenvalue weighted by atomic mass is 16.5. The van der Waals surface area contributed by atoms with Crippen molar-refractivity contribution in [2.75, 3.05) is 24.9 Å². The minimum Gasteiger partial charge on any atom is -0.495 e. The second-order valence-electron chi connectivity index (χ2n) is 13.7. The molecule has 4 aromatic rings. The van der Waals surface area contributed by atoms with Crippen molar-refractivity contribution >= 4 is 29.0 Å². The average Bonchev–Trinajstić information content (AvgIpc) is 3.07. The van der Waals surface area contributed by atoms with Gasteiger partial charge in [-0.3, -0.25) is 14.4 Å². The fraction of sp³-hybridized carbons (Fsp3) is 0.325. The minimum atomic E-state index is -1.77. The number of hydrogen-bond donors (Lipinski definition) is 3. The van der Waals surface area contributed by atoms with Gasteiger partial charge in [0.05, 0.1) is 37.1 Å². The Morgan fingerprint density at radius 3 is 1.86 bits per heavy atom. The Morgan fingerprint density at radius 2 is 1.33 bits per heavy atom. The van der Waals surface area contributed by atoms with Crippen molar-refractivity contribution in [1.82, 2.24) is 0 Å². The van der Waals surface area contributed by atoms with E-state index >= 15 is 0 Å². The van der Waals surface area contributed by atoms with Gasteiger partial charge < -0.3 is 30.0 Å². The van der Waals surface area contributed by atoms with E-state index in [0.29, 0.717) is 40.8 Å². The zero-order chi connectivity index (χ0) is 35.3. The molecule has 5 rings (SSSR count). The number of amides is 2. The molecule has 4 aromatic carbocycles. The van der Waals surface area contributed by atoms with E-state index < -0.39 is 47.4 Å². The number of benzene rings is 4. The largest absolute Gasteiger partial charge is 0.495 e. The molecule has 0 aromatic heterocycles. The van der Waals surface area contributed by atoms with E-state index in [-0.39, 0.29) is 5.41 Å². The van der Waals surface area contributed by atoms with Crippen molar-refractivity contribution < 1.29 is 33.7 Å². The molecular weight excluding hydrogens is 620 g/mol. The highest BCUT2D eigenvalue weighted by molar-refractivity contribution is 6.11. The van der Waals surface area contributed by atoms with Crippen LogP contribution < -0.4 is 24.8 Å². The zero-order valence-corrected chi connectivity index (χ0v) is 28.8. The molecule has 1 aliphatic rings. The molecule has 0 heterocycles. The van der Waals surface area contributed by atoms with Crippen LogP contribution in [0.5, 0.6) is 17.2 Å². The lowest BCUT2D eigenvalue weighted by atomic mass is 9.61. The SMILES string of the molecule is COc1ccccc1NC(=O)C1C(=O)CC(C)(O)C(C(=O)Nc2ccccc2OC)C1c1ccc(OCc2ccc(C(C)(C)C)cc2)cc1. The Hall–Kier alpha value is -5.15. The first-order chi connectivity index (χ1) is 23.3. The van der Waals surface area contributed by atoms with Gasteiger partial charge in [0.2, 0.25) is 11.8 Å². The number of methoxy groups -OCH3 is 2. The molecule has 0 spiro atoms. The maximum Gasteiger partial charge on any atom is 0.235 e. The Balaban J connectivity index is 1.48. The van der Waals surface area contributed by atoms with Gasteiger partial charge >= 0.3 is 0 Å². The van der Waals surface area contributed by atoms with Gasteiger partial charge in [-0.15, -0.1) is 0 Å². The number of hydrogen-bond acceptors (Lipinski definition) is 7. The minimum absolute atomic E-state index is 0.0459. The smallest absolute Gasteiger partial charge is 0.235 e. The van der Waals surface area contributed by atoms with Crippen molar-refractivity contribution in [3.8, 4) is 17.2 Å². The third-order valence-corrected chi connectivity index (χ3v) is 9.05. The number of anilines is 2. The van der Waals surface area contributed by atoms with Crippen LogP contribution in [0.1, 0.15) is 56.7 Å². The van der Waals surface area contributed by atoms with Gasteiger partial charge in [-0.2, -0.15) is 0 Å². The summed E-state index contributed by atoms with van der Waals surface area (Å²) in [6, 6.07) is 29.0. The first kappa shape index (κ1) is 35.2. The predicted molar refractivity (Wildman–Crippen MR) is 189 cm³/mol. The first-order valence-corrected chi connectivity index (χ1v) is 16.3. The molecule has 0 saturated heterocycles. The second kappa shape index (κ2) is 14.5. The lowest BCUT2D eigenvalue weighted by molar-refractivity contribution is -0.150. The predicted octanol–water partition coefficient (Wildman–Crippen LogP) is 6.90. The van der Waals surface area contributed by atoms with Gasteiger partial charge in [-0.05, 0) is 65.4 Å². The number of nitrogens with one attached hydrogen (secondary N) is 2. The van der Waals surface area contributed by atoms with Crippen molar-refractivity contribution in [2.45, 2.75) is 57.7 Å². The summed E-state index contributed by atoms with van der Waals surface area (Å²) in [6.45, 7) is 8.30. The molecular formula is C40H44N2O7. The topological polar surface area (TPSA) is 123 Å². The van der Waals surface area contributed by atoms with Crippen LogP contribution in [-0.2, 0) is 26.4 Å². The van der Waals surface area contributed by atoms with E-state index in [9.17, 15) is 19.5 Å². The van der Waals surface area contributed by atoms with Crippen molar-refractivity contribution in [3.05, 3.63) is 114 Å². The van der Waals surface area contributed by atoms with Crippen molar-refractivity contribution in [3.63, 3.8) is 0 Å². The molecule has 0 aliphatic heterocycles. The highest BCUT2D eigenvalue weighted by Gasteiger charge is 2.56. The van der Waals surface area contributed by atoms with Crippen LogP contribution in [0.4, 0.5) is 11.4 Å². The van der Waals surface area contributed by atoms with Gasteiger partial charge in [0.25, 0.3) is 0 Å². The first-order valence-electron chi connectivity index (χ1n) is 16.3. The molecule has 0 radical (unpaired) electrons. The number of ether oxygens (including phenoxy) is 3. The third-order valence-electron chi connectivity index (χ3n) is 9.05. The van der Waals surface area contributed by atoms with Crippen LogP contribution in [0.3, 0.4) is 0 Å². The van der Waals surface area contributed by atoms with Gasteiger partial charge in [0.1, 0.15) is 35.6 Å². The van der Waals surface area contributed by atoms with E-state index in [2.05, 4.69) is 43.5 Å². The number of Topliss-reactive ketones (excluding diaryl/α,β-unsaturated/α-hetero) is 1. The number of carbonyl (C=O) groups excluding carboxylic acids is 3. The summed E-state index contributed by atoms with van der Waals surface area (Å²) in [5.74, 6) is -3.75. The van der Waals surface area contributed by atoms with Crippen LogP contribution in [0.2, 0.25) is 0 Å². The second-order valence-corrected chi connectivity index (χ2v) is 13.7. The standard InChI is InChI=1S/C40H44N2O7/c1-39(2,3)27-19-15-25(16-20-27)24-49-28-21-17-26(18-22-28)34-35(37(44)41-29-11-7-9-13-32(29)47-5)31(43)23-40(4,46)36(34)38(45)42-30-12-8-10-14-33(30)48-6/h7-22,34-36,46H,23-24H2,1-6H3,(H,41,44)(H,42,45). The molecule has 9 heteroatoms. The lowest BCUT2D eigenvalue weighted by Gasteiger charge is -2.44. The Labute approximate surface area is 287 Å². The maximum atomic E-state index is 14.2. The quantitative estimate of drug-likeness (QED) is 0.158. The summed E-state index contributed by atoms with van der Waals surface area (Å²) in [7, 11) is 2.98.